The van der Waals surface area contributed by atoms with Crippen LogP contribution in [0.2, 0.25) is 0 Å². The van der Waals surface area contributed by atoms with Crippen LogP contribution in [0.3, 0.4) is 0 Å². The molecule has 0 saturated carbocycles. The molecule has 0 aliphatic carbocycles. The Morgan fingerprint density at radius 1 is 1.05 bits per heavy atom. The Bertz CT molecular complexity index is 524. The van der Waals surface area contributed by atoms with E-state index in [1.54, 1.807) is 12.1 Å². The molecule has 0 aromatic heterocycles. The van der Waals surface area contributed by atoms with Crippen LogP contribution in [-0.4, -0.2) is 21.5 Å². The van der Waals surface area contributed by atoms with E-state index >= 15 is 0 Å². The van der Waals surface area contributed by atoms with Gasteiger partial charge in [-0.1, -0.05) is 39.8 Å². The van der Waals surface area contributed by atoms with Crippen molar-refractivity contribution in [2.45, 2.75) is 45.6 Å². The minimum Gasteiger partial charge on any atom is -0.310 e. The molecule has 0 amide bonds. The molecule has 0 radical (unpaired) electrons. The number of nitrogens with one attached hydrogen (secondary N) is 2. The Labute approximate surface area is 129 Å². The predicted octanol–water partition coefficient (Wildman–Crippen LogP) is 2.93. The van der Waals surface area contributed by atoms with E-state index in [0.29, 0.717) is 23.3 Å². The molecule has 2 N–H and O–H groups in total. The SMILES string of the molecule is CCNC(C)c1ccc(S(=O)(=O)NCC(C)C(C)C)cc1. The standard InChI is InChI=1S/C16H28N2O2S/c1-6-17-14(5)15-7-9-16(10-8-15)21(19,20)18-11-13(4)12(2)3/h7-10,12-14,17-18H,6,11H2,1-5H3. The summed E-state index contributed by atoms with van der Waals surface area (Å²) in [5.41, 5.74) is 1.09. The molecule has 0 spiro atoms. The van der Waals surface area contributed by atoms with Crippen molar-refractivity contribution in [1.29, 1.82) is 0 Å². The quantitative estimate of drug-likeness (QED) is 0.776. The normalized spacial score (nSPS) is 15.1. The van der Waals surface area contributed by atoms with Crippen molar-refractivity contribution in [1.82, 2.24) is 10.0 Å². The molecule has 120 valence electrons. The molecule has 1 aromatic carbocycles. The maximum atomic E-state index is 12.2. The first-order valence-electron chi connectivity index (χ1n) is 7.61. The minimum absolute atomic E-state index is 0.223. The van der Waals surface area contributed by atoms with Crippen molar-refractivity contribution in [2.24, 2.45) is 11.8 Å². The highest BCUT2D eigenvalue weighted by atomic mass is 32.2. The summed E-state index contributed by atoms with van der Waals surface area (Å²) in [6.45, 7) is 11.7. The fraction of sp³-hybridized carbons (Fsp3) is 0.625. The summed E-state index contributed by atoms with van der Waals surface area (Å²) in [6.07, 6.45) is 0. The minimum atomic E-state index is -3.41. The smallest absolute Gasteiger partial charge is 0.240 e. The van der Waals surface area contributed by atoms with E-state index < -0.39 is 10.0 Å². The summed E-state index contributed by atoms with van der Waals surface area (Å²) in [4.78, 5) is 0.325. The molecule has 5 heteroatoms. The first-order chi connectivity index (χ1) is 9.77. The zero-order chi connectivity index (χ0) is 16.0. The van der Waals surface area contributed by atoms with Crippen LogP contribution < -0.4 is 10.0 Å². The van der Waals surface area contributed by atoms with Gasteiger partial charge in [-0.2, -0.15) is 0 Å². The van der Waals surface area contributed by atoms with E-state index in [-0.39, 0.29) is 6.04 Å². The number of hydrogen-bond acceptors (Lipinski definition) is 3. The number of rotatable bonds is 8. The van der Waals surface area contributed by atoms with E-state index in [0.717, 1.165) is 12.1 Å². The van der Waals surface area contributed by atoms with Gasteiger partial charge in [0.15, 0.2) is 0 Å². The third-order valence-electron chi connectivity index (χ3n) is 3.93. The van der Waals surface area contributed by atoms with E-state index in [2.05, 4.69) is 37.7 Å². The average Bonchev–Trinajstić information content (AvgIpc) is 2.45. The summed E-state index contributed by atoms with van der Waals surface area (Å²) < 4.78 is 27.2. The molecule has 0 aliphatic heterocycles. The van der Waals surface area contributed by atoms with Gasteiger partial charge in [-0.15, -0.1) is 0 Å². The summed E-state index contributed by atoms with van der Waals surface area (Å²) in [5.74, 6) is 0.767. The zero-order valence-corrected chi connectivity index (χ0v) is 14.5. The molecule has 0 bridgehead atoms. The zero-order valence-electron chi connectivity index (χ0n) is 13.7. The first-order valence-corrected chi connectivity index (χ1v) is 9.09. The van der Waals surface area contributed by atoms with Gasteiger partial charge in [0.05, 0.1) is 4.90 Å². The van der Waals surface area contributed by atoms with E-state index in [1.807, 2.05) is 19.1 Å². The van der Waals surface area contributed by atoms with Gasteiger partial charge in [-0.05, 0) is 43.0 Å². The van der Waals surface area contributed by atoms with Crippen molar-refractivity contribution < 1.29 is 8.42 Å². The van der Waals surface area contributed by atoms with Crippen LogP contribution in [0.1, 0.15) is 46.2 Å². The van der Waals surface area contributed by atoms with Crippen molar-refractivity contribution in [3.05, 3.63) is 29.8 Å². The Morgan fingerprint density at radius 3 is 2.10 bits per heavy atom. The summed E-state index contributed by atoms with van der Waals surface area (Å²) in [5, 5.41) is 3.31. The van der Waals surface area contributed by atoms with Gasteiger partial charge in [-0.25, -0.2) is 13.1 Å². The molecule has 0 fully saturated rings. The fourth-order valence-corrected chi connectivity index (χ4v) is 3.06. The third-order valence-corrected chi connectivity index (χ3v) is 5.37. The molecule has 0 saturated heterocycles. The maximum absolute atomic E-state index is 12.2. The molecule has 2 atom stereocenters. The lowest BCUT2D eigenvalue weighted by atomic mass is 9.99. The fourth-order valence-electron chi connectivity index (χ4n) is 1.92. The molecule has 2 unspecified atom stereocenters. The second-order valence-electron chi connectivity index (χ2n) is 5.92. The lowest BCUT2D eigenvalue weighted by Crippen LogP contribution is -2.30. The van der Waals surface area contributed by atoms with Gasteiger partial charge in [0.1, 0.15) is 0 Å². The number of benzene rings is 1. The highest BCUT2D eigenvalue weighted by Gasteiger charge is 2.16. The topological polar surface area (TPSA) is 58.2 Å². The third kappa shape index (κ3) is 5.41. The highest BCUT2D eigenvalue weighted by molar-refractivity contribution is 7.89. The lowest BCUT2D eigenvalue weighted by molar-refractivity contribution is 0.414. The molecule has 0 heterocycles. The molecule has 1 rings (SSSR count). The summed E-state index contributed by atoms with van der Waals surface area (Å²) >= 11 is 0. The highest BCUT2D eigenvalue weighted by Crippen LogP contribution is 2.17. The lowest BCUT2D eigenvalue weighted by Gasteiger charge is -2.17. The van der Waals surface area contributed by atoms with Gasteiger partial charge >= 0.3 is 0 Å². The predicted molar refractivity (Wildman–Crippen MR) is 87.7 cm³/mol. The van der Waals surface area contributed by atoms with Crippen LogP contribution >= 0.6 is 0 Å². The second-order valence-corrected chi connectivity index (χ2v) is 7.69. The number of hydrogen-bond donors (Lipinski definition) is 2. The average molecular weight is 312 g/mol. The molecular weight excluding hydrogens is 284 g/mol. The Morgan fingerprint density at radius 2 is 1.62 bits per heavy atom. The van der Waals surface area contributed by atoms with Crippen LogP contribution in [0.25, 0.3) is 0 Å². The Balaban J connectivity index is 2.76. The van der Waals surface area contributed by atoms with Crippen molar-refractivity contribution in [2.75, 3.05) is 13.1 Å². The largest absolute Gasteiger partial charge is 0.310 e. The van der Waals surface area contributed by atoms with E-state index in [1.165, 1.54) is 0 Å². The van der Waals surface area contributed by atoms with Gasteiger partial charge < -0.3 is 5.32 Å². The summed E-state index contributed by atoms with van der Waals surface area (Å²) in [6, 6.07) is 7.30. The van der Waals surface area contributed by atoms with E-state index in [9.17, 15) is 8.42 Å². The van der Waals surface area contributed by atoms with Crippen LogP contribution in [0.5, 0.6) is 0 Å². The van der Waals surface area contributed by atoms with Crippen LogP contribution in [0, 0.1) is 11.8 Å². The monoisotopic (exact) mass is 312 g/mol. The van der Waals surface area contributed by atoms with Gasteiger partial charge in [0.2, 0.25) is 10.0 Å². The van der Waals surface area contributed by atoms with Gasteiger partial charge in [0, 0.05) is 12.6 Å². The molecule has 21 heavy (non-hydrogen) atoms. The summed E-state index contributed by atoms with van der Waals surface area (Å²) in [7, 11) is -3.41. The van der Waals surface area contributed by atoms with E-state index in [4.69, 9.17) is 0 Å². The molecular formula is C16H28N2O2S. The van der Waals surface area contributed by atoms with Crippen molar-refractivity contribution >= 4 is 10.0 Å². The molecule has 4 nitrogen and oxygen atoms in total. The molecule has 1 aromatic rings. The van der Waals surface area contributed by atoms with Crippen LogP contribution in [-0.2, 0) is 10.0 Å². The van der Waals surface area contributed by atoms with Gasteiger partial charge in [-0.3, -0.25) is 0 Å². The van der Waals surface area contributed by atoms with Gasteiger partial charge in [0.25, 0.3) is 0 Å². The second kappa shape index (κ2) is 7.92. The van der Waals surface area contributed by atoms with Crippen LogP contribution in [0.4, 0.5) is 0 Å². The van der Waals surface area contributed by atoms with Crippen LogP contribution in [0.15, 0.2) is 29.2 Å². The Kier molecular flexibility index (Phi) is 6.84. The first kappa shape index (κ1) is 18.1. The molecule has 0 aliphatic rings. The Hall–Kier alpha value is -0.910. The maximum Gasteiger partial charge on any atom is 0.240 e. The number of sulfonamides is 1. The van der Waals surface area contributed by atoms with Crippen molar-refractivity contribution in [3.63, 3.8) is 0 Å². The van der Waals surface area contributed by atoms with Crippen molar-refractivity contribution in [3.8, 4) is 0 Å².